The van der Waals surface area contributed by atoms with Gasteiger partial charge in [0.05, 0.1) is 16.8 Å². The predicted octanol–water partition coefficient (Wildman–Crippen LogP) is 13.2. The number of aliphatic hydroxyl groups is 3. The second-order valence-corrected chi connectivity index (χ2v) is 16.4. The van der Waals surface area contributed by atoms with Crippen LogP contribution in [-0.4, -0.2) is 32.1 Å². The molecule has 0 fully saturated rings. The summed E-state index contributed by atoms with van der Waals surface area (Å²) < 4.78 is 0. The van der Waals surface area contributed by atoms with Crippen LogP contribution in [0.15, 0.2) is 167 Å². The molecule has 0 aromatic heterocycles. The highest BCUT2D eigenvalue weighted by atomic mass is 16.3. The molecular weight excluding hydrogens is 649 g/mol. The lowest BCUT2D eigenvalue weighted by Crippen LogP contribution is -2.31. The van der Waals surface area contributed by atoms with Gasteiger partial charge in [0.15, 0.2) is 0 Å². The Morgan fingerprint density at radius 3 is 1.04 bits per heavy atom. The number of allylic oxidation sites excluding steroid dienone is 26. The van der Waals surface area contributed by atoms with Crippen molar-refractivity contribution in [3.63, 3.8) is 0 Å². The lowest BCUT2D eigenvalue weighted by molar-refractivity contribution is 0.0140. The van der Waals surface area contributed by atoms with Gasteiger partial charge in [0, 0.05) is 11.8 Å². The summed E-state index contributed by atoms with van der Waals surface area (Å²) >= 11 is 0. The molecule has 0 bridgehead atoms. The van der Waals surface area contributed by atoms with Crippen molar-refractivity contribution >= 4 is 0 Å². The van der Waals surface area contributed by atoms with Gasteiger partial charge >= 0.3 is 0 Å². The van der Waals surface area contributed by atoms with Crippen molar-refractivity contribution in [2.75, 3.05) is 0 Å². The van der Waals surface area contributed by atoms with Crippen LogP contribution >= 0.6 is 0 Å². The molecule has 2 unspecified atom stereocenters. The van der Waals surface area contributed by atoms with Gasteiger partial charge in [-0.3, -0.25) is 0 Å². The van der Waals surface area contributed by atoms with E-state index in [1.54, 1.807) is 13.8 Å². The van der Waals surface area contributed by atoms with Gasteiger partial charge in [0.2, 0.25) is 0 Å². The lowest BCUT2D eigenvalue weighted by atomic mass is 9.84. The maximum atomic E-state index is 10.6. The molecule has 53 heavy (non-hydrogen) atoms. The lowest BCUT2D eigenvalue weighted by Gasteiger charge is -2.29. The smallest absolute Gasteiger partial charge is 0.0657 e. The van der Waals surface area contributed by atoms with E-state index in [9.17, 15) is 15.3 Å². The topological polar surface area (TPSA) is 60.7 Å². The molecule has 0 aromatic rings. The highest BCUT2D eigenvalue weighted by molar-refractivity contribution is 5.34. The average Bonchev–Trinajstić information content (AvgIpc) is 3.01. The molecule has 0 saturated heterocycles. The van der Waals surface area contributed by atoms with Crippen LogP contribution in [0.2, 0.25) is 0 Å². The van der Waals surface area contributed by atoms with E-state index in [0.29, 0.717) is 6.42 Å². The maximum Gasteiger partial charge on any atom is 0.0657 e. The van der Waals surface area contributed by atoms with Gasteiger partial charge in [-0.25, -0.2) is 0 Å². The van der Waals surface area contributed by atoms with E-state index in [1.165, 1.54) is 11.1 Å². The summed E-state index contributed by atoms with van der Waals surface area (Å²) in [7, 11) is 0. The standard InChI is InChI=1S/C50H74O3/c1-39(2)31-34-46(49(11,12)52)35-32-44(7)29-19-27-42(5)25-17-23-40(3)21-15-16-22-41(4)24-18-26-43(6)28-20-30-45(8)33-36-47(50(13,14)53)37-38-48(9,10)51/h15-33,35-36,46-47,51-53H,34,37-38H2,1-14H3. The van der Waals surface area contributed by atoms with Gasteiger partial charge < -0.3 is 15.3 Å². The van der Waals surface area contributed by atoms with Gasteiger partial charge in [-0.05, 0) is 116 Å². The molecule has 0 amide bonds. The summed E-state index contributed by atoms with van der Waals surface area (Å²) in [5.41, 5.74) is 5.79. The van der Waals surface area contributed by atoms with Gasteiger partial charge in [-0.2, -0.15) is 0 Å². The van der Waals surface area contributed by atoms with Crippen LogP contribution in [-0.2, 0) is 0 Å². The van der Waals surface area contributed by atoms with Gasteiger partial charge in [-0.15, -0.1) is 0 Å². The fourth-order valence-electron chi connectivity index (χ4n) is 4.85. The molecule has 2 atom stereocenters. The molecular formula is C50H74O3. The zero-order valence-electron chi connectivity index (χ0n) is 35.7. The zero-order chi connectivity index (χ0) is 40.7. The Bertz CT molecular complexity index is 1540. The first-order valence-corrected chi connectivity index (χ1v) is 19.1. The second kappa shape index (κ2) is 25.3. The monoisotopic (exact) mass is 723 g/mol. The van der Waals surface area contributed by atoms with E-state index < -0.39 is 16.8 Å². The molecule has 292 valence electrons. The molecule has 0 aliphatic rings. The highest BCUT2D eigenvalue weighted by Gasteiger charge is 2.26. The fourth-order valence-corrected chi connectivity index (χ4v) is 4.85. The van der Waals surface area contributed by atoms with Crippen LogP contribution in [0, 0.1) is 11.8 Å². The van der Waals surface area contributed by atoms with Crippen LogP contribution < -0.4 is 0 Å². The summed E-state index contributed by atoms with van der Waals surface area (Å²) in [5, 5.41) is 31.2. The SMILES string of the molecule is CC(C)=CCC(C=CC(C)=CC=CC(C)=CC=CC(C)=CC=CC=C(C)C=CC=C(C)C=CC=C(C)C=CC(CCC(C)(C)O)C(C)(C)O)C(C)(C)O. The molecule has 3 nitrogen and oxygen atoms in total. The Labute approximate surface area is 325 Å². The first kappa shape index (κ1) is 49.2. The van der Waals surface area contributed by atoms with Crippen molar-refractivity contribution in [3.8, 4) is 0 Å². The Hall–Kier alpha value is -3.76. The number of rotatable bonds is 21. The Morgan fingerprint density at radius 1 is 0.434 bits per heavy atom. The predicted molar refractivity (Wildman–Crippen MR) is 236 cm³/mol. The first-order chi connectivity index (χ1) is 24.5. The third kappa shape index (κ3) is 28.4. The van der Waals surface area contributed by atoms with Crippen molar-refractivity contribution in [2.24, 2.45) is 11.8 Å². The van der Waals surface area contributed by atoms with E-state index >= 15 is 0 Å². The minimum atomic E-state index is -0.845. The fraction of sp³-hybridized carbons (Fsp3) is 0.440. The van der Waals surface area contributed by atoms with Crippen LogP contribution in [0.25, 0.3) is 0 Å². The molecule has 0 saturated carbocycles. The minimum absolute atomic E-state index is 0.0348. The summed E-state index contributed by atoms with van der Waals surface area (Å²) in [5.74, 6) is 0.0319. The molecule has 0 aliphatic heterocycles. The van der Waals surface area contributed by atoms with Crippen LogP contribution in [0.3, 0.4) is 0 Å². The van der Waals surface area contributed by atoms with Crippen molar-refractivity contribution in [2.45, 2.75) is 133 Å². The van der Waals surface area contributed by atoms with Crippen molar-refractivity contribution < 1.29 is 15.3 Å². The van der Waals surface area contributed by atoms with Gasteiger partial charge in [-0.1, -0.05) is 167 Å². The third-order valence-corrected chi connectivity index (χ3v) is 8.55. The molecule has 0 aromatic carbocycles. The maximum absolute atomic E-state index is 10.6. The normalized spacial score (nSPS) is 17.0. The Balaban J connectivity index is 5.08. The molecule has 0 aliphatic carbocycles. The largest absolute Gasteiger partial charge is 0.390 e. The first-order valence-electron chi connectivity index (χ1n) is 19.1. The van der Waals surface area contributed by atoms with Crippen LogP contribution in [0.4, 0.5) is 0 Å². The summed E-state index contributed by atoms with van der Waals surface area (Å²) in [4.78, 5) is 0. The zero-order valence-corrected chi connectivity index (χ0v) is 35.7. The quantitative estimate of drug-likeness (QED) is 0.0816. The summed E-state index contributed by atoms with van der Waals surface area (Å²) in [6.45, 7) is 27.6. The van der Waals surface area contributed by atoms with E-state index in [2.05, 4.69) is 164 Å². The van der Waals surface area contributed by atoms with Gasteiger partial charge in [0.25, 0.3) is 0 Å². The molecule has 3 heteroatoms. The van der Waals surface area contributed by atoms with E-state index in [4.69, 9.17) is 0 Å². The van der Waals surface area contributed by atoms with Crippen molar-refractivity contribution in [3.05, 3.63) is 167 Å². The second-order valence-electron chi connectivity index (χ2n) is 16.4. The van der Waals surface area contributed by atoms with Gasteiger partial charge in [0.1, 0.15) is 0 Å². The molecule has 0 rings (SSSR count). The van der Waals surface area contributed by atoms with E-state index in [1.807, 2.05) is 46.8 Å². The third-order valence-electron chi connectivity index (χ3n) is 8.55. The number of hydrogen-bond donors (Lipinski definition) is 3. The molecule has 0 heterocycles. The Kier molecular flexibility index (Phi) is 23.5. The average molecular weight is 723 g/mol. The summed E-state index contributed by atoms with van der Waals surface area (Å²) in [6, 6.07) is 0. The Morgan fingerprint density at radius 2 is 0.736 bits per heavy atom. The number of hydrogen-bond acceptors (Lipinski definition) is 3. The van der Waals surface area contributed by atoms with E-state index in [0.717, 1.165) is 40.7 Å². The minimum Gasteiger partial charge on any atom is -0.390 e. The highest BCUT2D eigenvalue weighted by Crippen LogP contribution is 2.27. The van der Waals surface area contributed by atoms with Crippen molar-refractivity contribution in [1.29, 1.82) is 0 Å². The van der Waals surface area contributed by atoms with Crippen LogP contribution in [0.1, 0.15) is 116 Å². The van der Waals surface area contributed by atoms with E-state index in [-0.39, 0.29) is 11.8 Å². The summed E-state index contributed by atoms with van der Waals surface area (Å²) in [6.07, 6.45) is 45.9. The van der Waals surface area contributed by atoms with Crippen LogP contribution in [0.5, 0.6) is 0 Å². The molecule has 3 N–H and O–H groups in total. The van der Waals surface area contributed by atoms with Crippen molar-refractivity contribution in [1.82, 2.24) is 0 Å². The molecule has 0 radical (unpaired) electrons. The molecule has 0 spiro atoms.